The Morgan fingerprint density at radius 3 is 2.80 bits per heavy atom. The van der Waals surface area contributed by atoms with Crippen LogP contribution in [0.25, 0.3) is 10.9 Å². The van der Waals surface area contributed by atoms with Gasteiger partial charge in [0.25, 0.3) is 0 Å². The molecule has 0 radical (unpaired) electrons. The summed E-state index contributed by atoms with van der Waals surface area (Å²) in [4.78, 5) is 19.7. The smallest absolute Gasteiger partial charge is 0.170 e. The number of carbonyl (C=O) groups is 1. The number of hydrogen-bond donors (Lipinski definition) is 0. The number of ketones is 1. The van der Waals surface area contributed by atoms with Gasteiger partial charge in [0.2, 0.25) is 0 Å². The number of fused-ring (bicyclic) bond motifs is 3. The Morgan fingerprint density at radius 2 is 2.12 bits per heavy atom. The van der Waals surface area contributed by atoms with Crippen molar-refractivity contribution < 1.29 is 4.79 Å². The first-order valence-corrected chi connectivity index (χ1v) is 8.78. The topological polar surface area (TPSA) is 43.1 Å². The number of hydrogen-bond acceptors (Lipinski definition) is 3. The molecule has 1 atom stereocenters. The fourth-order valence-corrected chi connectivity index (χ4v) is 3.99. The van der Waals surface area contributed by atoms with Crippen LogP contribution < -0.4 is 4.90 Å². The molecule has 0 spiro atoms. The SMILES string of the molecule is Cc1nccn1CC1CCc2c(c3cc(N(C)C)ccc3n2C)C1=O. The third-order valence-corrected chi connectivity index (χ3v) is 5.51. The average molecular weight is 336 g/mol. The summed E-state index contributed by atoms with van der Waals surface area (Å²) < 4.78 is 4.28. The molecule has 0 fully saturated rings. The van der Waals surface area contributed by atoms with Crippen molar-refractivity contribution in [3.05, 3.63) is 47.7 Å². The van der Waals surface area contributed by atoms with E-state index in [-0.39, 0.29) is 11.7 Å². The number of carbonyl (C=O) groups excluding carboxylic acids is 1. The fourth-order valence-electron chi connectivity index (χ4n) is 3.99. The van der Waals surface area contributed by atoms with E-state index in [9.17, 15) is 4.79 Å². The number of anilines is 1. The van der Waals surface area contributed by atoms with Crippen LogP contribution in [0.5, 0.6) is 0 Å². The third kappa shape index (κ3) is 2.46. The molecule has 1 aliphatic rings. The maximum atomic E-state index is 13.3. The Hall–Kier alpha value is -2.56. The quantitative estimate of drug-likeness (QED) is 0.738. The number of rotatable bonds is 3. The first-order chi connectivity index (χ1) is 12.0. The number of nitrogens with zero attached hydrogens (tertiary/aromatic N) is 4. The zero-order chi connectivity index (χ0) is 17.7. The van der Waals surface area contributed by atoms with Crippen molar-refractivity contribution in [2.24, 2.45) is 13.0 Å². The minimum atomic E-state index is 0.0222. The molecule has 5 nitrogen and oxygen atoms in total. The zero-order valence-electron chi connectivity index (χ0n) is 15.3. The predicted octanol–water partition coefficient (Wildman–Crippen LogP) is 3.19. The van der Waals surface area contributed by atoms with Crippen LogP contribution in [-0.2, 0) is 20.0 Å². The minimum absolute atomic E-state index is 0.0222. The number of benzene rings is 1. The zero-order valence-corrected chi connectivity index (χ0v) is 15.3. The van der Waals surface area contributed by atoms with Crippen molar-refractivity contribution in [2.45, 2.75) is 26.3 Å². The Labute approximate surface area is 147 Å². The van der Waals surface area contributed by atoms with Crippen molar-refractivity contribution in [2.75, 3.05) is 19.0 Å². The molecular weight excluding hydrogens is 312 g/mol. The summed E-state index contributed by atoms with van der Waals surface area (Å²) in [5.41, 5.74) is 4.37. The molecule has 0 amide bonds. The number of Topliss-reactive ketones (excluding diaryl/α,β-unsaturated/α-hetero) is 1. The number of imidazole rings is 1. The van der Waals surface area contributed by atoms with Gasteiger partial charge in [0.1, 0.15) is 5.82 Å². The van der Waals surface area contributed by atoms with E-state index in [1.54, 1.807) is 6.20 Å². The van der Waals surface area contributed by atoms with Crippen molar-refractivity contribution in [1.29, 1.82) is 0 Å². The van der Waals surface area contributed by atoms with E-state index in [0.717, 1.165) is 40.8 Å². The molecule has 0 N–H and O–H groups in total. The van der Waals surface area contributed by atoms with Crippen LogP contribution in [0, 0.1) is 12.8 Å². The standard InChI is InChI=1S/C20H24N4O/c1-13-21-9-10-24(13)12-14-5-7-18-19(20(14)25)16-11-15(22(2)3)6-8-17(16)23(18)4/h6,8-11,14H,5,7,12H2,1-4H3. The highest BCUT2D eigenvalue weighted by Gasteiger charge is 2.32. The van der Waals surface area contributed by atoms with Gasteiger partial charge in [0.15, 0.2) is 5.78 Å². The molecule has 1 unspecified atom stereocenters. The molecule has 5 heteroatoms. The fraction of sp³-hybridized carbons (Fsp3) is 0.400. The van der Waals surface area contributed by atoms with Gasteiger partial charge in [-0.1, -0.05) is 0 Å². The van der Waals surface area contributed by atoms with Gasteiger partial charge in [0, 0.05) is 73.8 Å². The van der Waals surface area contributed by atoms with Gasteiger partial charge in [0.05, 0.1) is 0 Å². The van der Waals surface area contributed by atoms with E-state index >= 15 is 0 Å². The van der Waals surface area contributed by atoms with Gasteiger partial charge in [-0.3, -0.25) is 4.79 Å². The van der Waals surface area contributed by atoms with Crippen LogP contribution in [0.4, 0.5) is 5.69 Å². The minimum Gasteiger partial charge on any atom is -0.378 e. The molecule has 0 saturated carbocycles. The highest BCUT2D eigenvalue weighted by Crippen LogP contribution is 2.36. The lowest BCUT2D eigenvalue weighted by molar-refractivity contribution is 0.0888. The predicted molar refractivity (Wildman–Crippen MR) is 100 cm³/mol. The Kier molecular flexibility index (Phi) is 3.67. The largest absolute Gasteiger partial charge is 0.378 e. The molecule has 0 bridgehead atoms. The average Bonchev–Trinajstić information content (AvgIpc) is 3.12. The second-order valence-electron chi connectivity index (χ2n) is 7.20. The van der Waals surface area contributed by atoms with Gasteiger partial charge in [-0.25, -0.2) is 4.98 Å². The van der Waals surface area contributed by atoms with Crippen molar-refractivity contribution in [3.63, 3.8) is 0 Å². The summed E-state index contributed by atoms with van der Waals surface area (Å²) in [5, 5.41) is 1.08. The van der Waals surface area contributed by atoms with Gasteiger partial charge in [-0.05, 0) is 38.0 Å². The van der Waals surface area contributed by atoms with Crippen molar-refractivity contribution in [3.8, 4) is 0 Å². The molecule has 1 aliphatic carbocycles. The van der Waals surface area contributed by atoms with Gasteiger partial charge < -0.3 is 14.0 Å². The first-order valence-electron chi connectivity index (χ1n) is 8.78. The van der Waals surface area contributed by atoms with Gasteiger partial charge in [-0.2, -0.15) is 0 Å². The van der Waals surface area contributed by atoms with Gasteiger partial charge >= 0.3 is 0 Å². The lowest BCUT2D eigenvalue weighted by Crippen LogP contribution is -2.27. The highest BCUT2D eigenvalue weighted by molar-refractivity contribution is 6.11. The lowest BCUT2D eigenvalue weighted by Gasteiger charge is -2.23. The maximum absolute atomic E-state index is 13.3. The van der Waals surface area contributed by atoms with Crippen LogP contribution in [0.15, 0.2) is 30.6 Å². The molecule has 3 aromatic rings. The molecule has 1 aromatic carbocycles. The number of aromatic nitrogens is 3. The Balaban J connectivity index is 1.79. The normalized spacial score (nSPS) is 17.1. The van der Waals surface area contributed by atoms with E-state index in [0.29, 0.717) is 6.54 Å². The van der Waals surface area contributed by atoms with E-state index in [2.05, 4.69) is 44.3 Å². The first kappa shape index (κ1) is 15.9. The van der Waals surface area contributed by atoms with Gasteiger partial charge in [-0.15, -0.1) is 0 Å². The molecular formula is C20H24N4O. The van der Waals surface area contributed by atoms with Crippen LogP contribution >= 0.6 is 0 Å². The molecule has 0 saturated heterocycles. The third-order valence-electron chi connectivity index (χ3n) is 5.51. The van der Waals surface area contributed by atoms with Crippen LogP contribution in [0.1, 0.15) is 28.3 Å². The van der Waals surface area contributed by atoms with Crippen LogP contribution in [0.2, 0.25) is 0 Å². The molecule has 0 aliphatic heterocycles. The van der Waals surface area contributed by atoms with Crippen LogP contribution in [-0.4, -0.2) is 34.0 Å². The Bertz CT molecular complexity index is 964. The van der Waals surface area contributed by atoms with E-state index < -0.39 is 0 Å². The Morgan fingerprint density at radius 1 is 1.32 bits per heavy atom. The molecule has 130 valence electrons. The van der Waals surface area contributed by atoms with Crippen molar-refractivity contribution in [1.82, 2.24) is 14.1 Å². The summed E-state index contributed by atoms with van der Waals surface area (Å²) >= 11 is 0. The van der Waals surface area contributed by atoms with Crippen molar-refractivity contribution >= 4 is 22.4 Å². The summed E-state index contributed by atoms with van der Waals surface area (Å²) in [5.74, 6) is 1.26. The number of aryl methyl sites for hydroxylation is 2. The monoisotopic (exact) mass is 336 g/mol. The summed E-state index contributed by atoms with van der Waals surface area (Å²) in [6.45, 7) is 2.70. The van der Waals surface area contributed by atoms with Crippen LogP contribution in [0.3, 0.4) is 0 Å². The second kappa shape index (κ2) is 5.76. The highest BCUT2D eigenvalue weighted by atomic mass is 16.1. The molecule has 4 rings (SSSR count). The summed E-state index contributed by atoms with van der Waals surface area (Å²) in [6.07, 6.45) is 5.61. The van der Waals surface area contributed by atoms with E-state index in [1.165, 1.54) is 5.69 Å². The molecule has 2 aromatic heterocycles. The molecule has 25 heavy (non-hydrogen) atoms. The second-order valence-corrected chi connectivity index (χ2v) is 7.20. The van der Waals surface area contributed by atoms with E-state index in [4.69, 9.17) is 0 Å². The lowest BCUT2D eigenvalue weighted by atomic mass is 9.85. The summed E-state index contributed by atoms with van der Waals surface area (Å²) in [7, 11) is 6.14. The van der Waals surface area contributed by atoms with E-state index in [1.807, 2.05) is 27.2 Å². The summed E-state index contributed by atoms with van der Waals surface area (Å²) in [6, 6.07) is 6.40. The maximum Gasteiger partial charge on any atom is 0.170 e. The molecule has 2 heterocycles.